The molecule has 0 amide bonds. The number of rotatable bonds is 3. The van der Waals surface area contributed by atoms with Crippen LogP contribution in [0.2, 0.25) is 0 Å². The van der Waals surface area contributed by atoms with Crippen LogP contribution in [-0.2, 0) is 19.5 Å². The summed E-state index contributed by atoms with van der Waals surface area (Å²) < 4.78 is 5.09. The van der Waals surface area contributed by atoms with Crippen LogP contribution in [-0.4, -0.2) is 17.6 Å². The predicted octanol–water partition coefficient (Wildman–Crippen LogP) is -3.37. The first kappa shape index (κ1) is 21.2. The van der Waals surface area contributed by atoms with Crippen molar-refractivity contribution in [2.75, 3.05) is 12.4 Å². The third kappa shape index (κ3) is 5.89. The third-order valence-corrected chi connectivity index (χ3v) is 2.49. The van der Waals surface area contributed by atoms with Gasteiger partial charge in [0, 0.05) is 17.5 Å². The van der Waals surface area contributed by atoms with E-state index in [-0.39, 0.29) is 44.3 Å². The quantitative estimate of drug-likeness (QED) is 0.346. The molecular weight excluding hydrogens is 350 g/mol. The number of anilines is 1. The summed E-state index contributed by atoms with van der Waals surface area (Å²) in [6.07, 6.45) is 6.26. The molecule has 102 valence electrons. The molecule has 0 bridgehead atoms. The zero-order chi connectivity index (χ0) is 12.1. The van der Waals surface area contributed by atoms with Gasteiger partial charge in [-0.1, -0.05) is 0 Å². The number of benzene rings is 1. The molecule has 1 aliphatic carbocycles. The van der Waals surface area contributed by atoms with Gasteiger partial charge in [0.2, 0.25) is 0 Å². The molecular formula is C13H13Cl2N3OZn. The van der Waals surface area contributed by atoms with Gasteiger partial charge in [-0.25, -0.2) is 0 Å². The molecule has 1 aliphatic rings. The summed E-state index contributed by atoms with van der Waals surface area (Å²) in [5.41, 5.74) is 11.2. The van der Waals surface area contributed by atoms with Crippen LogP contribution >= 0.6 is 0 Å². The molecule has 0 saturated heterocycles. The number of hydrogen-bond acceptors (Lipinski definition) is 2. The SMILES string of the molecule is COc1ccc(NC2=CCC(=[N+]=[N-])C=C2)cc1.[Cl-].[Cl-].[Zn+2]. The Bertz CT molecular complexity index is 523. The monoisotopic (exact) mass is 361 g/mol. The molecule has 0 aromatic heterocycles. The molecule has 20 heavy (non-hydrogen) atoms. The Balaban J connectivity index is 0. The van der Waals surface area contributed by atoms with Crippen molar-refractivity contribution in [3.8, 4) is 5.75 Å². The second-order valence-corrected chi connectivity index (χ2v) is 3.64. The molecule has 0 fully saturated rings. The Hall–Kier alpha value is -1.12. The van der Waals surface area contributed by atoms with E-state index >= 15 is 0 Å². The fourth-order valence-corrected chi connectivity index (χ4v) is 1.54. The van der Waals surface area contributed by atoms with Crippen molar-refractivity contribution < 1.29 is 53.8 Å². The van der Waals surface area contributed by atoms with Crippen molar-refractivity contribution >= 4 is 11.4 Å². The zero-order valence-corrected chi connectivity index (χ0v) is 15.5. The maximum absolute atomic E-state index is 8.60. The topological polar surface area (TPSA) is 57.7 Å². The van der Waals surface area contributed by atoms with E-state index in [0.717, 1.165) is 17.1 Å². The Morgan fingerprint density at radius 1 is 1.15 bits per heavy atom. The molecule has 4 nitrogen and oxygen atoms in total. The fraction of sp³-hybridized carbons (Fsp3) is 0.154. The van der Waals surface area contributed by atoms with Crippen LogP contribution in [0.1, 0.15) is 6.42 Å². The smallest absolute Gasteiger partial charge is 1.00 e. The second-order valence-electron chi connectivity index (χ2n) is 3.64. The van der Waals surface area contributed by atoms with Gasteiger partial charge in [0.25, 0.3) is 5.71 Å². The Morgan fingerprint density at radius 3 is 2.25 bits per heavy atom. The fourth-order valence-electron chi connectivity index (χ4n) is 1.54. The van der Waals surface area contributed by atoms with Crippen molar-refractivity contribution in [3.05, 3.63) is 53.7 Å². The molecule has 0 heterocycles. The molecule has 0 radical (unpaired) electrons. The summed E-state index contributed by atoms with van der Waals surface area (Å²) in [5, 5.41) is 3.26. The van der Waals surface area contributed by atoms with E-state index in [2.05, 4.69) is 10.1 Å². The van der Waals surface area contributed by atoms with Crippen molar-refractivity contribution in [2.45, 2.75) is 6.42 Å². The minimum absolute atomic E-state index is 0. The van der Waals surface area contributed by atoms with E-state index in [4.69, 9.17) is 10.3 Å². The summed E-state index contributed by atoms with van der Waals surface area (Å²) in [6.45, 7) is 0. The van der Waals surface area contributed by atoms with Gasteiger partial charge in [-0.05, 0) is 36.4 Å². The number of ether oxygens (including phenoxy) is 1. The average Bonchev–Trinajstić information content (AvgIpc) is 2.40. The van der Waals surface area contributed by atoms with Crippen LogP contribution in [0.25, 0.3) is 5.53 Å². The van der Waals surface area contributed by atoms with Gasteiger partial charge in [-0.15, -0.1) is 0 Å². The molecule has 1 N–H and O–H groups in total. The van der Waals surface area contributed by atoms with Crippen LogP contribution in [0.3, 0.4) is 0 Å². The second kappa shape index (κ2) is 10.6. The molecule has 0 unspecified atom stereocenters. The van der Waals surface area contributed by atoms with Crippen LogP contribution in [0.4, 0.5) is 5.69 Å². The zero-order valence-electron chi connectivity index (χ0n) is 11.0. The van der Waals surface area contributed by atoms with Crippen LogP contribution in [0.15, 0.2) is 48.2 Å². The van der Waals surface area contributed by atoms with Crippen molar-refractivity contribution in [1.29, 1.82) is 0 Å². The number of halogens is 2. The van der Waals surface area contributed by atoms with Gasteiger partial charge in [0.05, 0.1) is 13.5 Å². The van der Waals surface area contributed by atoms with Crippen molar-refractivity contribution in [3.63, 3.8) is 0 Å². The number of hydrogen-bond donors (Lipinski definition) is 1. The largest absolute Gasteiger partial charge is 2.00 e. The summed E-state index contributed by atoms with van der Waals surface area (Å²) in [4.78, 5) is 3.15. The number of nitrogens with one attached hydrogen (secondary N) is 1. The van der Waals surface area contributed by atoms with Crippen molar-refractivity contribution in [2.24, 2.45) is 0 Å². The number of methoxy groups -OCH3 is 1. The Morgan fingerprint density at radius 2 is 1.80 bits per heavy atom. The summed E-state index contributed by atoms with van der Waals surface area (Å²) >= 11 is 0. The molecule has 0 aliphatic heterocycles. The Labute approximate surface area is 143 Å². The van der Waals surface area contributed by atoms with E-state index in [1.165, 1.54) is 0 Å². The van der Waals surface area contributed by atoms with Gasteiger partial charge < -0.3 is 40.4 Å². The minimum atomic E-state index is 0. The summed E-state index contributed by atoms with van der Waals surface area (Å²) in [5.74, 6) is 0.832. The standard InChI is InChI=1S/C13H13N3O.2ClH.Zn/c1-17-13-8-6-11(7-9-13)15-10-2-4-12(16-14)5-3-10;;;/h2-4,6-9,15H,5H2,1H3;2*1H;/q;;;+2/p-2. The molecule has 2 rings (SSSR count). The molecule has 1 aromatic rings. The van der Waals surface area contributed by atoms with Gasteiger partial charge in [-0.2, -0.15) is 4.79 Å². The van der Waals surface area contributed by atoms with Crippen LogP contribution in [0.5, 0.6) is 5.75 Å². The molecule has 7 heteroatoms. The maximum Gasteiger partial charge on any atom is 2.00 e. The predicted molar refractivity (Wildman–Crippen MR) is 67.1 cm³/mol. The first-order valence-electron chi connectivity index (χ1n) is 5.32. The van der Waals surface area contributed by atoms with Crippen LogP contribution < -0.4 is 34.9 Å². The summed E-state index contributed by atoms with van der Waals surface area (Å²) in [6, 6.07) is 7.69. The minimum Gasteiger partial charge on any atom is -1.00 e. The molecule has 0 saturated carbocycles. The third-order valence-electron chi connectivity index (χ3n) is 2.49. The first-order chi connectivity index (χ1) is 8.31. The van der Waals surface area contributed by atoms with E-state index in [1.54, 1.807) is 13.2 Å². The van der Waals surface area contributed by atoms with E-state index in [1.807, 2.05) is 36.4 Å². The molecule has 1 aromatic carbocycles. The van der Waals surface area contributed by atoms with Crippen molar-refractivity contribution in [1.82, 2.24) is 0 Å². The number of nitrogens with zero attached hydrogens (tertiary/aromatic N) is 2. The van der Waals surface area contributed by atoms with E-state index in [9.17, 15) is 0 Å². The maximum atomic E-state index is 8.60. The number of allylic oxidation sites excluding steroid dienone is 3. The average molecular weight is 364 g/mol. The first-order valence-corrected chi connectivity index (χ1v) is 5.32. The van der Waals surface area contributed by atoms with Gasteiger partial charge >= 0.3 is 19.5 Å². The molecule has 0 spiro atoms. The van der Waals surface area contributed by atoms with Gasteiger partial charge in [0.15, 0.2) is 0 Å². The van der Waals surface area contributed by atoms with E-state index in [0.29, 0.717) is 12.1 Å². The Kier molecular flexibility index (Phi) is 11.3. The van der Waals surface area contributed by atoms with Gasteiger partial charge in [-0.3, -0.25) is 0 Å². The summed E-state index contributed by atoms with van der Waals surface area (Å²) in [7, 11) is 1.64. The van der Waals surface area contributed by atoms with E-state index < -0.39 is 0 Å². The molecule has 0 atom stereocenters. The normalized spacial score (nSPS) is 11.8. The van der Waals surface area contributed by atoms with Gasteiger partial charge in [0.1, 0.15) is 5.75 Å². The van der Waals surface area contributed by atoms with Crippen LogP contribution in [0, 0.1) is 0 Å².